The lowest BCUT2D eigenvalue weighted by atomic mass is 10.0. The Bertz CT molecular complexity index is 614. The van der Waals surface area contributed by atoms with Crippen molar-refractivity contribution in [1.82, 2.24) is 4.90 Å². The average Bonchev–Trinajstić information content (AvgIpc) is 2.58. The van der Waals surface area contributed by atoms with Crippen molar-refractivity contribution in [3.8, 4) is 0 Å². The summed E-state index contributed by atoms with van der Waals surface area (Å²) >= 11 is 0. The van der Waals surface area contributed by atoms with Gasteiger partial charge < -0.3 is 0 Å². The van der Waals surface area contributed by atoms with Crippen LogP contribution in [0.2, 0.25) is 0 Å². The van der Waals surface area contributed by atoms with Gasteiger partial charge >= 0.3 is 0 Å². The highest BCUT2D eigenvalue weighted by atomic mass is 32.2. The smallest absolute Gasteiger partial charge is 0.0561 e. The predicted octanol–water partition coefficient (Wildman–Crippen LogP) is 3.85. The molecule has 1 fully saturated rings. The van der Waals surface area contributed by atoms with Crippen molar-refractivity contribution in [2.45, 2.75) is 42.5 Å². The van der Waals surface area contributed by atoms with Crippen LogP contribution in [0.15, 0.2) is 65.6 Å². The average molecular weight is 313 g/mol. The minimum absolute atomic E-state index is 0.282. The van der Waals surface area contributed by atoms with Gasteiger partial charge in [0.25, 0.3) is 0 Å². The van der Waals surface area contributed by atoms with Gasteiger partial charge in [0.05, 0.1) is 10.8 Å². The molecule has 0 bridgehead atoms. The topological polar surface area (TPSA) is 20.3 Å². The minimum atomic E-state index is -0.879. The van der Waals surface area contributed by atoms with Crippen LogP contribution in [0.5, 0.6) is 0 Å². The largest absolute Gasteiger partial charge is 0.296 e. The highest BCUT2D eigenvalue weighted by Gasteiger charge is 2.29. The first-order valence-corrected chi connectivity index (χ1v) is 9.19. The van der Waals surface area contributed by atoms with Gasteiger partial charge in [0, 0.05) is 22.7 Å². The first kappa shape index (κ1) is 15.4. The zero-order valence-electron chi connectivity index (χ0n) is 13.0. The molecule has 0 radical (unpaired) electrons. The van der Waals surface area contributed by atoms with Gasteiger partial charge in [0.2, 0.25) is 0 Å². The molecule has 0 amide bonds. The van der Waals surface area contributed by atoms with Crippen LogP contribution in [0, 0.1) is 0 Å². The molecule has 0 spiro atoms. The summed E-state index contributed by atoms with van der Waals surface area (Å²) < 4.78 is 12.7. The highest BCUT2D eigenvalue weighted by molar-refractivity contribution is 7.85. The van der Waals surface area contributed by atoms with E-state index in [1.54, 1.807) is 0 Å². The molecular formula is C19H23NOS. The van der Waals surface area contributed by atoms with E-state index in [1.165, 1.54) is 5.56 Å². The second-order valence-electron chi connectivity index (χ2n) is 6.06. The van der Waals surface area contributed by atoms with E-state index in [4.69, 9.17) is 0 Å². The summed E-state index contributed by atoms with van der Waals surface area (Å²) in [5.74, 6) is 0. The molecular weight excluding hydrogens is 290 g/mol. The standard InChI is InChI=1S/C19H23NOS/c1-16-14-19(22(21)18-10-6-3-7-11-18)12-13-20(16)15-17-8-4-2-5-9-17/h2-11,16,19H,12-15H2,1H3. The van der Waals surface area contributed by atoms with Gasteiger partial charge in [-0.15, -0.1) is 0 Å². The van der Waals surface area contributed by atoms with Gasteiger partial charge in [0.1, 0.15) is 0 Å². The molecule has 3 rings (SSSR count). The Balaban J connectivity index is 1.61. The predicted molar refractivity (Wildman–Crippen MR) is 92.2 cm³/mol. The Hall–Kier alpha value is -1.45. The van der Waals surface area contributed by atoms with Crippen molar-refractivity contribution < 1.29 is 4.21 Å². The second kappa shape index (κ2) is 7.21. The van der Waals surface area contributed by atoms with Crippen molar-refractivity contribution in [2.75, 3.05) is 6.54 Å². The zero-order valence-corrected chi connectivity index (χ0v) is 13.8. The van der Waals surface area contributed by atoms with E-state index < -0.39 is 10.8 Å². The van der Waals surface area contributed by atoms with Gasteiger partial charge in [-0.1, -0.05) is 48.5 Å². The molecule has 1 heterocycles. The molecule has 0 aromatic heterocycles. The van der Waals surface area contributed by atoms with E-state index in [0.717, 1.165) is 30.8 Å². The molecule has 2 aromatic rings. The van der Waals surface area contributed by atoms with Crippen LogP contribution in [-0.4, -0.2) is 26.9 Å². The summed E-state index contributed by atoms with van der Waals surface area (Å²) in [4.78, 5) is 3.48. The van der Waals surface area contributed by atoms with E-state index in [1.807, 2.05) is 30.3 Å². The van der Waals surface area contributed by atoms with Crippen molar-refractivity contribution in [3.05, 3.63) is 66.2 Å². The third-order valence-corrected chi connectivity index (χ3v) is 6.24. The molecule has 116 valence electrons. The highest BCUT2D eigenvalue weighted by Crippen LogP contribution is 2.26. The van der Waals surface area contributed by atoms with E-state index in [2.05, 4.69) is 42.2 Å². The number of nitrogens with zero attached hydrogens (tertiary/aromatic N) is 1. The lowest BCUT2D eigenvalue weighted by Crippen LogP contribution is -2.43. The molecule has 3 atom stereocenters. The zero-order chi connectivity index (χ0) is 15.4. The SMILES string of the molecule is CC1CC(S(=O)c2ccccc2)CCN1Cc1ccccc1. The fraction of sp³-hybridized carbons (Fsp3) is 0.368. The molecule has 1 aliphatic rings. The first-order chi connectivity index (χ1) is 10.7. The quantitative estimate of drug-likeness (QED) is 0.854. The molecule has 1 saturated heterocycles. The summed E-state index contributed by atoms with van der Waals surface area (Å²) in [5, 5.41) is 0.282. The third kappa shape index (κ3) is 3.65. The summed E-state index contributed by atoms with van der Waals surface area (Å²) in [6, 6.07) is 21.0. The second-order valence-corrected chi connectivity index (χ2v) is 7.79. The number of likely N-dealkylation sites (tertiary alicyclic amines) is 1. The Morgan fingerprint density at radius 2 is 1.68 bits per heavy atom. The van der Waals surface area contributed by atoms with Crippen LogP contribution < -0.4 is 0 Å². The maximum atomic E-state index is 12.7. The van der Waals surface area contributed by atoms with Crippen molar-refractivity contribution in [3.63, 3.8) is 0 Å². The Labute approximate surface area is 135 Å². The Morgan fingerprint density at radius 1 is 1.05 bits per heavy atom. The lowest BCUT2D eigenvalue weighted by Gasteiger charge is -2.37. The monoisotopic (exact) mass is 313 g/mol. The van der Waals surface area contributed by atoms with E-state index >= 15 is 0 Å². The van der Waals surface area contributed by atoms with Gasteiger partial charge in [-0.2, -0.15) is 0 Å². The van der Waals surface area contributed by atoms with Crippen molar-refractivity contribution >= 4 is 10.8 Å². The normalized spacial score (nSPS) is 24.0. The van der Waals surface area contributed by atoms with Crippen LogP contribution >= 0.6 is 0 Å². The molecule has 3 heteroatoms. The summed E-state index contributed by atoms with van der Waals surface area (Å²) in [6.45, 7) is 4.28. The first-order valence-electron chi connectivity index (χ1n) is 7.97. The molecule has 1 aliphatic heterocycles. The summed E-state index contributed by atoms with van der Waals surface area (Å²) in [5.41, 5.74) is 1.36. The van der Waals surface area contributed by atoms with Crippen LogP contribution in [-0.2, 0) is 17.3 Å². The van der Waals surface area contributed by atoms with Crippen LogP contribution in [0.1, 0.15) is 25.3 Å². The number of hydrogen-bond acceptors (Lipinski definition) is 2. The van der Waals surface area contributed by atoms with Gasteiger partial charge in [-0.3, -0.25) is 9.11 Å². The maximum absolute atomic E-state index is 12.7. The van der Waals surface area contributed by atoms with Gasteiger partial charge in [-0.05, 0) is 44.0 Å². The van der Waals surface area contributed by atoms with Crippen molar-refractivity contribution in [2.24, 2.45) is 0 Å². The lowest BCUT2D eigenvalue weighted by molar-refractivity contribution is 0.155. The summed E-state index contributed by atoms with van der Waals surface area (Å²) in [6.07, 6.45) is 2.02. The molecule has 3 unspecified atom stereocenters. The minimum Gasteiger partial charge on any atom is -0.296 e. The fourth-order valence-corrected chi connectivity index (χ4v) is 4.75. The molecule has 2 nitrogen and oxygen atoms in total. The molecule has 22 heavy (non-hydrogen) atoms. The molecule has 0 aliphatic carbocycles. The van der Waals surface area contributed by atoms with E-state index in [0.29, 0.717) is 6.04 Å². The fourth-order valence-electron chi connectivity index (χ4n) is 3.17. The number of hydrogen-bond donors (Lipinski definition) is 0. The Kier molecular flexibility index (Phi) is 5.06. The Morgan fingerprint density at radius 3 is 2.32 bits per heavy atom. The van der Waals surface area contributed by atoms with E-state index in [-0.39, 0.29) is 5.25 Å². The van der Waals surface area contributed by atoms with Crippen LogP contribution in [0.3, 0.4) is 0 Å². The maximum Gasteiger partial charge on any atom is 0.0561 e. The van der Waals surface area contributed by atoms with Crippen LogP contribution in [0.4, 0.5) is 0 Å². The number of rotatable bonds is 4. The van der Waals surface area contributed by atoms with Gasteiger partial charge in [-0.25, -0.2) is 0 Å². The molecule has 2 aromatic carbocycles. The van der Waals surface area contributed by atoms with Crippen molar-refractivity contribution in [1.29, 1.82) is 0 Å². The third-order valence-electron chi connectivity index (χ3n) is 4.47. The van der Waals surface area contributed by atoms with Crippen LogP contribution in [0.25, 0.3) is 0 Å². The molecule has 0 saturated carbocycles. The van der Waals surface area contributed by atoms with E-state index in [9.17, 15) is 4.21 Å². The van der Waals surface area contributed by atoms with Gasteiger partial charge in [0.15, 0.2) is 0 Å². The summed E-state index contributed by atoms with van der Waals surface area (Å²) in [7, 11) is -0.879. The number of benzene rings is 2. The number of piperidine rings is 1. The molecule has 0 N–H and O–H groups in total.